The number of sulfone groups is 1. The van der Waals surface area contributed by atoms with Crippen molar-refractivity contribution in [2.45, 2.75) is 25.8 Å². The molecule has 0 radical (unpaired) electrons. The quantitative estimate of drug-likeness (QED) is 0.811. The second-order valence-corrected chi connectivity index (χ2v) is 7.96. The summed E-state index contributed by atoms with van der Waals surface area (Å²) < 4.78 is 22.6. The minimum absolute atomic E-state index is 0.0108. The van der Waals surface area contributed by atoms with E-state index in [2.05, 4.69) is 11.8 Å². The average molecular weight is 304 g/mol. The third kappa shape index (κ3) is 5.93. The van der Waals surface area contributed by atoms with Crippen molar-refractivity contribution in [2.24, 2.45) is 0 Å². The van der Waals surface area contributed by atoms with Crippen LogP contribution in [0.4, 0.5) is 0 Å². The summed E-state index contributed by atoms with van der Waals surface area (Å²) >= 11 is 5.98. The first-order valence-electron chi connectivity index (χ1n) is 6.32. The van der Waals surface area contributed by atoms with E-state index >= 15 is 0 Å². The fraction of sp³-hybridized carbons (Fsp3) is 0.571. The second kappa shape index (κ2) is 6.73. The smallest absolute Gasteiger partial charge is 0.148 e. The van der Waals surface area contributed by atoms with Gasteiger partial charge in [0.05, 0.1) is 5.75 Å². The number of nitrogens with zero attached hydrogens (tertiary/aromatic N) is 1. The van der Waals surface area contributed by atoms with Crippen molar-refractivity contribution < 1.29 is 8.42 Å². The number of halogens is 1. The van der Waals surface area contributed by atoms with E-state index in [0.29, 0.717) is 5.92 Å². The Balaban J connectivity index is 2.63. The standard InChI is InChI=1S/C14H22ClNO2S/c1-11(13-6-5-7-14(15)8-13)9-16(3)12(2)10-19(4,17)18/h5-8,11-12H,9-10H2,1-4H3/t11-,12+/m0/s1. The first-order chi connectivity index (χ1) is 8.69. The topological polar surface area (TPSA) is 37.4 Å². The molecule has 0 aliphatic carbocycles. The Bertz CT molecular complexity index is 516. The van der Waals surface area contributed by atoms with Gasteiger partial charge in [0.1, 0.15) is 9.84 Å². The first kappa shape index (κ1) is 16.5. The maximum absolute atomic E-state index is 11.3. The van der Waals surface area contributed by atoms with Crippen LogP contribution in [0.1, 0.15) is 25.3 Å². The highest BCUT2D eigenvalue weighted by Gasteiger charge is 2.17. The van der Waals surface area contributed by atoms with Gasteiger partial charge < -0.3 is 4.90 Å². The Labute approximate surface area is 121 Å². The highest BCUT2D eigenvalue weighted by molar-refractivity contribution is 7.90. The fourth-order valence-corrected chi connectivity index (χ4v) is 3.43. The summed E-state index contributed by atoms with van der Waals surface area (Å²) in [6, 6.07) is 7.81. The number of hydrogen-bond acceptors (Lipinski definition) is 3. The molecule has 19 heavy (non-hydrogen) atoms. The molecule has 0 N–H and O–H groups in total. The third-order valence-corrected chi connectivity index (χ3v) is 4.60. The van der Waals surface area contributed by atoms with Crippen molar-refractivity contribution in [3.05, 3.63) is 34.9 Å². The lowest BCUT2D eigenvalue weighted by molar-refractivity contribution is 0.262. The molecule has 0 spiro atoms. The summed E-state index contributed by atoms with van der Waals surface area (Å²) in [7, 11) is -0.983. The summed E-state index contributed by atoms with van der Waals surface area (Å²) in [5, 5.41) is 0.733. The Morgan fingerprint density at radius 2 is 1.95 bits per heavy atom. The lowest BCUT2D eigenvalue weighted by atomic mass is 10.0. The van der Waals surface area contributed by atoms with Crippen LogP contribution in [0.15, 0.2) is 24.3 Å². The van der Waals surface area contributed by atoms with Crippen molar-refractivity contribution in [1.29, 1.82) is 0 Å². The molecule has 0 aliphatic rings. The Morgan fingerprint density at radius 1 is 1.32 bits per heavy atom. The summed E-state index contributed by atoms with van der Waals surface area (Å²) in [6.07, 6.45) is 1.28. The molecule has 3 nitrogen and oxygen atoms in total. The maximum Gasteiger partial charge on any atom is 0.148 e. The van der Waals surface area contributed by atoms with E-state index in [0.717, 1.165) is 11.6 Å². The van der Waals surface area contributed by atoms with E-state index in [-0.39, 0.29) is 11.8 Å². The molecule has 1 rings (SSSR count). The van der Waals surface area contributed by atoms with E-state index < -0.39 is 9.84 Å². The lowest BCUT2D eigenvalue weighted by Gasteiger charge is -2.27. The zero-order valence-corrected chi connectivity index (χ0v) is 13.5. The van der Waals surface area contributed by atoms with Crippen LogP contribution in [0.5, 0.6) is 0 Å². The van der Waals surface area contributed by atoms with Gasteiger partial charge in [-0.2, -0.15) is 0 Å². The molecule has 0 bridgehead atoms. The molecule has 0 amide bonds. The lowest BCUT2D eigenvalue weighted by Crippen LogP contribution is -2.37. The van der Waals surface area contributed by atoms with Crippen molar-refractivity contribution in [3.63, 3.8) is 0 Å². The van der Waals surface area contributed by atoms with Crippen LogP contribution in [0.25, 0.3) is 0 Å². The molecule has 108 valence electrons. The van der Waals surface area contributed by atoms with Crippen molar-refractivity contribution in [3.8, 4) is 0 Å². The molecular formula is C14H22ClNO2S. The van der Waals surface area contributed by atoms with Gasteiger partial charge in [-0.05, 0) is 37.6 Å². The summed E-state index contributed by atoms with van der Waals surface area (Å²) in [5.74, 6) is 0.497. The zero-order valence-electron chi connectivity index (χ0n) is 11.9. The monoisotopic (exact) mass is 303 g/mol. The Hall–Kier alpha value is -0.580. The molecule has 0 aromatic heterocycles. The summed E-state index contributed by atoms with van der Waals surface area (Å²) in [6.45, 7) is 4.86. The minimum atomic E-state index is -2.94. The highest BCUT2D eigenvalue weighted by atomic mass is 35.5. The minimum Gasteiger partial charge on any atom is -0.302 e. The van der Waals surface area contributed by atoms with Crippen LogP contribution in [0.2, 0.25) is 5.02 Å². The van der Waals surface area contributed by atoms with Gasteiger partial charge in [0, 0.05) is 23.9 Å². The van der Waals surface area contributed by atoms with Gasteiger partial charge in [0.2, 0.25) is 0 Å². The molecule has 2 atom stereocenters. The van der Waals surface area contributed by atoms with E-state index in [4.69, 9.17) is 11.6 Å². The van der Waals surface area contributed by atoms with E-state index in [9.17, 15) is 8.42 Å². The number of hydrogen-bond donors (Lipinski definition) is 0. The number of benzene rings is 1. The molecule has 1 aromatic rings. The molecule has 0 saturated carbocycles. The van der Waals surface area contributed by atoms with Crippen LogP contribution >= 0.6 is 11.6 Å². The zero-order chi connectivity index (χ0) is 14.6. The third-order valence-electron chi connectivity index (χ3n) is 3.28. The highest BCUT2D eigenvalue weighted by Crippen LogP contribution is 2.20. The second-order valence-electron chi connectivity index (χ2n) is 5.34. The van der Waals surface area contributed by atoms with Gasteiger partial charge in [-0.1, -0.05) is 30.7 Å². The van der Waals surface area contributed by atoms with Gasteiger partial charge in [0.15, 0.2) is 0 Å². The van der Waals surface area contributed by atoms with E-state index in [1.165, 1.54) is 11.8 Å². The largest absolute Gasteiger partial charge is 0.302 e. The molecule has 0 heterocycles. The average Bonchev–Trinajstić information content (AvgIpc) is 2.26. The number of likely N-dealkylation sites (N-methyl/N-ethyl adjacent to an activating group) is 1. The van der Waals surface area contributed by atoms with Crippen LogP contribution in [0.3, 0.4) is 0 Å². The van der Waals surface area contributed by atoms with Gasteiger partial charge in [0.25, 0.3) is 0 Å². The predicted molar refractivity (Wildman–Crippen MR) is 81.7 cm³/mol. The fourth-order valence-electron chi connectivity index (χ4n) is 2.10. The maximum atomic E-state index is 11.3. The molecule has 0 fully saturated rings. The molecule has 1 aromatic carbocycles. The molecule has 0 unspecified atom stereocenters. The Kier molecular flexibility index (Phi) is 5.83. The van der Waals surface area contributed by atoms with Crippen molar-refractivity contribution in [2.75, 3.05) is 25.6 Å². The van der Waals surface area contributed by atoms with E-state index in [1.54, 1.807) is 0 Å². The van der Waals surface area contributed by atoms with Gasteiger partial charge >= 0.3 is 0 Å². The van der Waals surface area contributed by atoms with Crippen molar-refractivity contribution >= 4 is 21.4 Å². The SMILES string of the molecule is C[C@H](CS(C)(=O)=O)N(C)C[C@H](C)c1cccc(Cl)c1. The molecule has 5 heteroatoms. The first-order valence-corrected chi connectivity index (χ1v) is 8.76. The van der Waals surface area contributed by atoms with Gasteiger partial charge in [-0.15, -0.1) is 0 Å². The van der Waals surface area contributed by atoms with Gasteiger partial charge in [-0.3, -0.25) is 0 Å². The summed E-state index contributed by atoms with van der Waals surface area (Å²) in [5.41, 5.74) is 1.17. The van der Waals surface area contributed by atoms with E-state index in [1.807, 2.05) is 38.2 Å². The van der Waals surface area contributed by atoms with Crippen LogP contribution in [-0.4, -0.2) is 45.0 Å². The molecule has 0 aliphatic heterocycles. The van der Waals surface area contributed by atoms with Crippen LogP contribution < -0.4 is 0 Å². The van der Waals surface area contributed by atoms with Gasteiger partial charge in [-0.25, -0.2) is 8.42 Å². The number of rotatable bonds is 6. The molecule has 0 saturated heterocycles. The van der Waals surface area contributed by atoms with Crippen LogP contribution in [-0.2, 0) is 9.84 Å². The summed E-state index contributed by atoms with van der Waals surface area (Å²) in [4.78, 5) is 2.08. The molecular weight excluding hydrogens is 282 g/mol. The normalized spacial score (nSPS) is 15.5. The van der Waals surface area contributed by atoms with Crippen molar-refractivity contribution in [1.82, 2.24) is 4.90 Å². The van der Waals surface area contributed by atoms with Crippen LogP contribution in [0, 0.1) is 0 Å². The Morgan fingerprint density at radius 3 is 2.47 bits per heavy atom. The predicted octanol–water partition coefficient (Wildman–Crippen LogP) is 2.81.